The van der Waals surface area contributed by atoms with E-state index in [4.69, 9.17) is 5.73 Å². The van der Waals surface area contributed by atoms with Crippen molar-refractivity contribution in [1.82, 2.24) is 4.98 Å². The Morgan fingerprint density at radius 3 is 2.63 bits per heavy atom. The van der Waals surface area contributed by atoms with Crippen LogP contribution in [0.4, 0.5) is 11.5 Å². The topological polar surface area (TPSA) is 71.2 Å². The third-order valence-electron chi connectivity index (χ3n) is 3.00. The van der Waals surface area contributed by atoms with Gasteiger partial charge in [0.25, 0.3) is 0 Å². The lowest BCUT2D eigenvalue weighted by atomic mass is 9.85. The van der Waals surface area contributed by atoms with Gasteiger partial charge in [0.2, 0.25) is 5.91 Å². The molecule has 1 atom stereocenters. The molecule has 0 radical (unpaired) electrons. The van der Waals surface area contributed by atoms with Crippen LogP contribution < -0.4 is 16.0 Å². The van der Waals surface area contributed by atoms with Crippen LogP contribution in [0.1, 0.15) is 27.2 Å². The van der Waals surface area contributed by atoms with Gasteiger partial charge in [-0.15, -0.1) is 0 Å². The largest absolute Gasteiger partial charge is 0.361 e. The molecule has 1 aromatic rings. The van der Waals surface area contributed by atoms with Crippen LogP contribution in [0.2, 0.25) is 0 Å². The lowest BCUT2D eigenvalue weighted by molar-refractivity contribution is -0.117. The Morgan fingerprint density at radius 2 is 2.11 bits per heavy atom. The van der Waals surface area contributed by atoms with E-state index in [0.29, 0.717) is 12.1 Å². The van der Waals surface area contributed by atoms with E-state index in [1.807, 2.05) is 45.8 Å². The average molecular weight is 264 g/mol. The summed E-state index contributed by atoms with van der Waals surface area (Å²) in [6, 6.07) is 3.46. The highest BCUT2D eigenvalue weighted by molar-refractivity contribution is 5.93. The van der Waals surface area contributed by atoms with Crippen LogP contribution in [0.3, 0.4) is 0 Å². The van der Waals surface area contributed by atoms with Crippen LogP contribution >= 0.6 is 0 Å². The molecular weight excluding hydrogens is 240 g/mol. The number of carbonyl (C=O) groups excluding carboxylic acids is 1. The SMILES string of the molecule is CN(C)c1ncccc1NC(=O)CC(N)C(C)(C)C. The van der Waals surface area contributed by atoms with Crippen molar-refractivity contribution in [3.8, 4) is 0 Å². The van der Waals surface area contributed by atoms with Crippen LogP contribution in [0.5, 0.6) is 0 Å². The Morgan fingerprint density at radius 1 is 1.47 bits per heavy atom. The molecule has 5 nitrogen and oxygen atoms in total. The first-order valence-corrected chi connectivity index (χ1v) is 6.39. The van der Waals surface area contributed by atoms with Crippen molar-refractivity contribution < 1.29 is 4.79 Å². The van der Waals surface area contributed by atoms with Gasteiger partial charge >= 0.3 is 0 Å². The summed E-state index contributed by atoms with van der Waals surface area (Å²) < 4.78 is 0. The molecule has 0 saturated carbocycles. The summed E-state index contributed by atoms with van der Waals surface area (Å²) in [7, 11) is 3.78. The highest BCUT2D eigenvalue weighted by Gasteiger charge is 2.23. The Labute approximate surface area is 115 Å². The van der Waals surface area contributed by atoms with Crippen LogP contribution in [0.25, 0.3) is 0 Å². The molecule has 3 N–H and O–H groups in total. The van der Waals surface area contributed by atoms with E-state index in [0.717, 1.165) is 5.82 Å². The van der Waals surface area contributed by atoms with Crippen LogP contribution in [0.15, 0.2) is 18.3 Å². The van der Waals surface area contributed by atoms with Crippen molar-refractivity contribution in [2.45, 2.75) is 33.2 Å². The van der Waals surface area contributed by atoms with Gasteiger partial charge in [-0.05, 0) is 17.5 Å². The molecule has 106 valence electrons. The molecule has 0 spiro atoms. The maximum atomic E-state index is 12.0. The molecule has 0 aliphatic rings. The molecule has 0 aromatic carbocycles. The monoisotopic (exact) mass is 264 g/mol. The van der Waals surface area contributed by atoms with Gasteiger partial charge in [-0.25, -0.2) is 4.98 Å². The van der Waals surface area contributed by atoms with Crippen LogP contribution in [-0.2, 0) is 4.79 Å². The minimum absolute atomic E-state index is 0.0847. The van der Waals surface area contributed by atoms with E-state index in [1.54, 1.807) is 12.3 Å². The molecule has 0 fully saturated rings. The predicted octanol–water partition coefficient (Wildman–Crippen LogP) is 1.85. The number of anilines is 2. The van der Waals surface area contributed by atoms with E-state index in [1.165, 1.54) is 0 Å². The fourth-order valence-corrected chi connectivity index (χ4v) is 1.56. The minimum atomic E-state index is -0.174. The summed E-state index contributed by atoms with van der Waals surface area (Å²) in [5.74, 6) is 0.652. The van der Waals surface area contributed by atoms with E-state index >= 15 is 0 Å². The standard InChI is InChI=1S/C14H24N4O/c1-14(2,3)11(15)9-12(19)17-10-7-6-8-16-13(10)18(4)5/h6-8,11H,9,15H2,1-5H3,(H,17,19). The summed E-state index contributed by atoms with van der Waals surface area (Å²) in [5.41, 5.74) is 6.64. The van der Waals surface area contributed by atoms with Crippen LogP contribution in [0, 0.1) is 5.41 Å². The molecule has 0 saturated heterocycles. The van der Waals surface area contributed by atoms with E-state index < -0.39 is 0 Å². The van der Waals surface area contributed by atoms with Gasteiger partial charge in [0.1, 0.15) is 0 Å². The Bertz CT molecular complexity index is 437. The number of hydrogen-bond donors (Lipinski definition) is 2. The second-order valence-corrected chi connectivity index (χ2v) is 5.99. The first kappa shape index (κ1) is 15.4. The summed E-state index contributed by atoms with van der Waals surface area (Å²) in [6.07, 6.45) is 2.00. The minimum Gasteiger partial charge on any atom is -0.361 e. The van der Waals surface area contributed by atoms with Crippen molar-refractivity contribution in [2.24, 2.45) is 11.1 Å². The highest BCUT2D eigenvalue weighted by Crippen LogP contribution is 2.23. The Hall–Kier alpha value is -1.62. The van der Waals surface area contributed by atoms with E-state index in [2.05, 4.69) is 10.3 Å². The van der Waals surface area contributed by atoms with E-state index in [-0.39, 0.29) is 17.4 Å². The fraction of sp³-hybridized carbons (Fsp3) is 0.571. The summed E-state index contributed by atoms with van der Waals surface area (Å²) in [5, 5.41) is 2.87. The van der Waals surface area contributed by atoms with Gasteiger partial charge in [-0.2, -0.15) is 0 Å². The number of aromatic nitrogens is 1. The number of rotatable bonds is 4. The zero-order chi connectivity index (χ0) is 14.6. The van der Waals surface area contributed by atoms with Crippen LogP contribution in [-0.4, -0.2) is 31.0 Å². The Balaban J connectivity index is 2.73. The number of hydrogen-bond acceptors (Lipinski definition) is 4. The summed E-state index contributed by atoms with van der Waals surface area (Å²) >= 11 is 0. The molecule has 1 rings (SSSR count). The number of nitrogens with two attached hydrogens (primary N) is 1. The van der Waals surface area contributed by atoms with Crippen molar-refractivity contribution in [1.29, 1.82) is 0 Å². The number of nitrogens with one attached hydrogen (secondary N) is 1. The number of nitrogens with zero attached hydrogens (tertiary/aromatic N) is 2. The molecule has 0 aliphatic heterocycles. The fourth-order valence-electron chi connectivity index (χ4n) is 1.56. The molecule has 0 aliphatic carbocycles. The predicted molar refractivity (Wildman–Crippen MR) is 79.2 cm³/mol. The smallest absolute Gasteiger partial charge is 0.226 e. The molecule has 1 amide bonds. The first-order valence-electron chi connectivity index (χ1n) is 6.39. The lowest BCUT2D eigenvalue weighted by Gasteiger charge is -2.26. The molecule has 1 aromatic heterocycles. The molecule has 1 heterocycles. The quantitative estimate of drug-likeness (QED) is 0.870. The number of carbonyl (C=O) groups is 1. The van der Waals surface area contributed by atoms with Gasteiger partial charge in [0.05, 0.1) is 5.69 Å². The molecule has 19 heavy (non-hydrogen) atoms. The van der Waals surface area contributed by atoms with Crippen molar-refractivity contribution >= 4 is 17.4 Å². The lowest BCUT2D eigenvalue weighted by Crippen LogP contribution is -2.38. The van der Waals surface area contributed by atoms with Crippen molar-refractivity contribution in [3.05, 3.63) is 18.3 Å². The third-order valence-corrected chi connectivity index (χ3v) is 3.00. The second-order valence-electron chi connectivity index (χ2n) is 5.99. The van der Waals surface area contributed by atoms with Gasteiger partial charge in [-0.1, -0.05) is 20.8 Å². The van der Waals surface area contributed by atoms with Crippen molar-refractivity contribution in [2.75, 3.05) is 24.3 Å². The first-order chi connectivity index (χ1) is 8.71. The molecule has 1 unspecified atom stereocenters. The number of pyridine rings is 1. The van der Waals surface area contributed by atoms with Gasteiger partial charge < -0.3 is 16.0 Å². The summed E-state index contributed by atoms with van der Waals surface area (Å²) in [4.78, 5) is 18.1. The average Bonchev–Trinajstić information content (AvgIpc) is 2.27. The van der Waals surface area contributed by atoms with Gasteiger partial charge in [-0.3, -0.25) is 4.79 Å². The van der Waals surface area contributed by atoms with Crippen molar-refractivity contribution in [3.63, 3.8) is 0 Å². The normalized spacial score (nSPS) is 12.9. The zero-order valence-corrected chi connectivity index (χ0v) is 12.4. The summed E-state index contributed by atoms with van der Waals surface area (Å²) in [6.45, 7) is 6.08. The maximum Gasteiger partial charge on any atom is 0.226 e. The van der Waals surface area contributed by atoms with Gasteiger partial charge in [0, 0.05) is 32.8 Å². The molecule has 0 bridgehead atoms. The molecular formula is C14H24N4O. The molecule has 5 heteroatoms. The second kappa shape index (κ2) is 6.02. The Kier molecular flexibility index (Phi) is 4.89. The number of amides is 1. The highest BCUT2D eigenvalue weighted by atomic mass is 16.1. The maximum absolute atomic E-state index is 12.0. The van der Waals surface area contributed by atoms with E-state index in [9.17, 15) is 4.79 Å². The van der Waals surface area contributed by atoms with Gasteiger partial charge in [0.15, 0.2) is 5.82 Å². The zero-order valence-electron chi connectivity index (χ0n) is 12.4. The third kappa shape index (κ3) is 4.52.